The van der Waals surface area contributed by atoms with Crippen molar-refractivity contribution in [2.45, 2.75) is 13.0 Å². The van der Waals surface area contributed by atoms with E-state index in [4.69, 9.17) is 0 Å². The molecule has 14 heavy (non-hydrogen) atoms. The quantitative estimate of drug-likeness (QED) is 0.757. The van der Waals surface area contributed by atoms with Crippen LogP contribution in [0.15, 0.2) is 12.3 Å². The molecule has 1 aromatic rings. The number of hydrogen-bond donors (Lipinski definition) is 1. The van der Waals surface area contributed by atoms with Crippen LogP contribution < -0.4 is 5.32 Å². The number of likely N-dealkylation sites (N-methyl/N-ethyl adjacent to an activating group) is 1. The summed E-state index contributed by atoms with van der Waals surface area (Å²) in [5.41, 5.74) is 0. The van der Waals surface area contributed by atoms with Gasteiger partial charge in [0.05, 0.1) is 0 Å². The Labute approximate surface area is 83.7 Å². The van der Waals surface area contributed by atoms with Crippen LogP contribution in [0.1, 0.15) is 6.92 Å². The molecule has 0 spiro atoms. The van der Waals surface area contributed by atoms with Gasteiger partial charge < -0.3 is 10.2 Å². The van der Waals surface area contributed by atoms with Gasteiger partial charge in [0, 0.05) is 33.4 Å². The maximum atomic E-state index is 11.5. The zero-order chi connectivity index (χ0) is 10.7. The maximum Gasteiger partial charge on any atom is 0.244 e. The van der Waals surface area contributed by atoms with Crippen molar-refractivity contribution in [3.63, 3.8) is 0 Å². The van der Waals surface area contributed by atoms with Crippen molar-refractivity contribution in [1.29, 1.82) is 0 Å². The van der Waals surface area contributed by atoms with Gasteiger partial charge in [-0.25, -0.2) is 0 Å². The first-order chi connectivity index (χ1) is 6.50. The van der Waals surface area contributed by atoms with E-state index in [0.717, 1.165) is 5.82 Å². The number of amides is 1. The van der Waals surface area contributed by atoms with Gasteiger partial charge in [0.2, 0.25) is 5.91 Å². The van der Waals surface area contributed by atoms with Crippen molar-refractivity contribution >= 4 is 11.7 Å². The van der Waals surface area contributed by atoms with Crippen molar-refractivity contribution in [2.24, 2.45) is 7.05 Å². The summed E-state index contributed by atoms with van der Waals surface area (Å²) in [4.78, 5) is 13.0. The zero-order valence-electron chi connectivity index (χ0n) is 8.98. The van der Waals surface area contributed by atoms with Gasteiger partial charge in [-0.15, -0.1) is 0 Å². The summed E-state index contributed by atoms with van der Waals surface area (Å²) in [6, 6.07) is 1.58. The minimum Gasteiger partial charge on any atom is -0.357 e. The fourth-order valence-corrected chi connectivity index (χ4v) is 1.16. The maximum absolute atomic E-state index is 11.5. The van der Waals surface area contributed by atoms with Crippen LogP contribution in [0.5, 0.6) is 0 Å². The molecule has 1 unspecified atom stereocenters. The topological polar surface area (TPSA) is 50.2 Å². The highest BCUT2D eigenvalue weighted by atomic mass is 16.2. The van der Waals surface area contributed by atoms with E-state index in [0.29, 0.717) is 0 Å². The lowest BCUT2D eigenvalue weighted by molar-refractivity contribution is -0.129. The Morgan fingerprint density at radius 3 is 2.71 bits per heavy atom. The number of carbonyl (C=O) groups excluding carboxylic acids is 1. The molecule has 1 amide bonds. The Hall–Kier alpha value is -1.52. The molecule has 5 heteroatoms. The summed E-state index contributed by atoms with van der Waals surface area (Å²) in [5, 5.41) is 7.15. The molecule has 1 heterocycles. The third-order valence-electron chi connectivity index (χ3n) is 1.89. The first-order valence-corrected chi connectivity index (χ1v) is 4.48. The van der Waals surface area contributed by atoms with Crippen LogP contribution in [0.2, 0.25) is 0 Å². The van der Waals surface area contributed by atoms with Gasteiger partial charge in [-0.05, 0) is 6.92 Å². The summed E-state index contributed by atoms with van der Waals surface area (Å²) < 4.78 is 1.69. The van der Waals surface area contributed by atoms with Crippen molar-refractivity contribution in [1.82, 2.24) is 14.7 Å². The number of nitrogens with one attached hydrogen (secondary N) is 1. The van der Waals surface area contributed by atoms with Gasteiger partial charge in [0.15, 0.2) is 0 Å². The number of anilines is 1. The number of hydrogen-bond acceptors (Lipinski definition) is 3. The number of aryl methyl sites for hydroxylation is 1. The zero-order valence-corrected chi connectivity index (χ0v) is 8.98. The highest BCUT2D eigenvalue weighted by Crippen LogP contribution is 2.04. The molecule has 78 valence electrons. The summed E-state index contributed by atoms with van der Waals surface area (Å²) >= 11 is 0. The minimum atomic E-state index is -0.250. The van der Waals surface area contributed by atoms with E-state index in [1.54, 1.807) is 23.7 Å². The van der Waals surface area contributed by atoms with Crippen molar-refractivity contribution in [2.75, 3.05) is 19.4 Å². The molecule has 0 saturated carbocycles. The Morgan fingerprint density at radius 2 is 2.29 bits per heavy atom. The number of carbonyl (C=O) groups is 1. The van der Waals surface area contributed by atoms with Crippen molar-refractivity contribution < 1.29 is 4.79 Å². The largest absolute Gasteiger partial charge is 0.357 e. The van der Waals surface area contributed by atoms with E-state index < -0.39 is 0 Å². The molecule has 5 nitrogen and oxygen atoms in total. The molecule has 0 aliphatic rings. The Kier molecular flexibility index (Phi) is 3.11. The van der Waals surface area contributed by atoms with Crippen LogP contribution in [0, 0.1) is 0 Å². The molecular formula is C9H16N4O. The van der Waals surface area contributed by atoms with Crippen LogP contribution in [0.25, 0.3) is 0 Å². The number of nitrogens with zero attached hydrogens (tertiary/aromatic N) is 3. The number of rotatable bonds is 3. The average Bonchev–Trinajstić information content (AvgIpc) is 2.49. The Morgan fingerprint density at radius 1 is 1.64 bits per heavy atom. The Bertz CT molecular complexity index is 318. The molecule has 0 aliphatic heterocycles. The molecule has 1 aromatic heterocycles. The van der Waals surface area contributed by atoms with Crippen LogP contribution >= 0.6 is 0 Å². The third-order valence-corrected chi connectivity index (χ3v) is 1.89. The van der Waals surface area contributed by atoms with Gasteiger partial charge >= 0.3 is 0 Å². The van der Waals surface area contributed by atoms with Gasteiger partial charge in [-0.2, -0.15) is 5.10 Å². The molecule has 0 radical (unpaired) electrons. The van der Waals surface area contributed by atoms with E-state index in [1.807, 2.05) is 26.2 Å². The van der Waals surface area contributed by atoms with E-state index in [1.165, 1.54) is 0 Å². The molecule has 1 N–H and O–H groups in total. The summed E-state index contributed by atoms with van der Waals surface area (Å²) in [7, 11) is 5.31. The normalized spacial score (nSPS) is 12.3. The van der Waals surface area contributed by atoms with Crippen molar-refractivity contribution in [3.8, 4) is 0 Å². The first-order valence-electron chi connectivity index (χ1n) is 4.48. The van der Waals surface area contributed by atoms with Crippen LogP contribution in [-0.4, -0.2) is 40.7 Å². The molecule has 1 atom stereocenters. The number of aromatic nitrogens is 2. The van der Waals surface area contributed by atoms with Crippen LogP contribution in [0.4, 0.5) is 5.82 Å². The second kappa shape index (κ2) is 4.13. The summed E-state index contributed by atoms with van der Waals surface area (Å²) in [6.07, 6.45) is 1.83. The van der Waals surface area contributed by atoms with Gasteiger partial charge in [-0.1, -0.05) is 0 Å². The third kappa shape index (κ3) is 2.48. The van der Waals surface area contributed by atoms with Gasteiger partial charge in [-0.3, -0.25) is 9.48 Å². The van der Waals surface area contributed by atoms with E-state index >= 15 is 0 Å². The fraction of sp³-hybridized carbons (Fsp3) is 0.556. The molecule has 0 bridgehead atoms. The smallest absolute Gasteiger partial charge is 0.244 e. The van der Waals surface area contributed by atoms with Gasteiger partial charge in [0.1, 0.15) is 11.9 Å². The van der Waals surface area contributed by atoms with Gasteiger partial charge in [0.25, 0.3) is 0 Å². The lowest BCUT2D eigenvalue weighted by Crippen LogP contribution is -2.36. The Balaban J connectivity index is 2.57. The van der Waals surface area contributed by atoms with E-state index in [9.17, 15) is 4.79 Å². The van der Waals surface area contributed by atoms with Crippen LogP contribution in [0.3, 0.4) is 0 Å². The second-order valence-corrected chi connectivity index (χ2v) is 3.47. The fourth-order valence-electron chi connectivity index (χ4n) is 1.16. The molecule has 0 saturated heterocycles. The molecule has 0 aliphatic carbocycles. The lowest BCUT2D eigenvalue weighted by atomic mass is 10.3. The van der Waals surface area contributed by atoms with Crippen LogP contribution in [-0.2, 0) is 11.8 Å². The first kappa shape index (κ1) is 10.6. The average molecular weight is 196 g/mol. The lowest BCUT2D eigenvalue weighted by Gasteiger charge is -2.17. The highest BCUT2D eigenvalue weighted by Gasteiger charge is 2.14. The van der Waals surface area contributed by atoms with E-state index in [2.05, 4.69) is 10.4 Å². The summed E-state index contributed by atoms with van der Waals surface area (Å²) in [5.74, 6) is 0.755. The summed E-state index contributed by atoms with van der Waals surface area (Å²) in [6.45, 7) is 1.82. The standard InChI is InChI=1S/C9H16N4O/c1-7(9(14)12(2)3)10-8-5-6-13(4)11-8/h5-7H,1-4H3,(H,10,11). The molecule has 1 rings (SSSR count). The molecular weight excluding hydrogens is 180 g/mol. The predicted octanol–water partition coefficient (Wildman–Crippen LogP) is 0.309. The predicted molar refractivity (Wildman–Crippen MR) is 55.0 cm³/mol. The monoisotopic (exact) mass is 196 g/mol. The van der Waals surface area contributed by atoms with Crippen molar-refractivity contribution in [3.05, 3.63) is 12.3 Å². The SMILES string of the molecule is CC(Nc1ccn(C)n1)C(=O)N(C)C. The molecule has 0 aromatic carbocycles. The minimum absolute atomic E-state index is 0.0376. The molecule has 0 fully saturated rings. The second-order valence-electron chi connectivity index (χ2n) is 3.47. The highest BCUT2D eigenvalue weighted by molar-refractivity contribution is 5.83. The van der Waals surface area contributed by atoms with E-state index in [-0.39, 0.29) is 11.9 Å².